The number of pyridine rings is 1. The van der Waals surface area contributed by atoms with Crippen LogP contribution in [0, 0.1) is 0 Å². The fourth-order valence-electron chi connectivity index (χ4n) is 3.49. The van der Waals surface area contributed by atoms with Crippen LogP contribution >= 0.6 is 22.7 Å². The third kappa shape index (κ3) is 3.12. The number of carbonyl (C=O) groups excluding carboxylic acids is 1. The smallest absolute Gasteiger partial charge is 0.280 e. The molecule has 0 spiro atoms. The number of amides is 1. The van der Waals surface area contributed by atoms with Gasteiger partial charge >= 0.3 is 0 Å². The molecule has 0 aliphatic carbocycles. The van der Waals surface area contributed by atoms with Crippen molar-refractivity contribution in [1.82, 2.24) is 9.55 Å². The van der Waals surface area contributed by atoms with Crippen LogP contribution in [0.5, 0.6) is 5.75 Å². The highest BCUT2D eigenvalue weighted by Gasteiger charge is 2.15. The van der Waals surface area contributed by atoms with E-state index in [2.05, 4.69) is 4.99 Å². The van der Waals surface area contributed by atoms with Crippen LogP contribution in [-0.2, 0) is 7.05 Å². The summed E-state index contributed by atoms with van der Waals surface area (Å²) in [5.41, 5.74) is 3.04. The zero-order chi connectivity index (χ0) is 20.7. The third-order valence-corrected chi connectivity index (χ3v) is 6.91. The van der Waals surface area contributed by atoms with Gasteiger partial charge in [-0.2, -0.15) is 4.99 Å². The van der Waals surface area contributed by atoms with Gasteiger partial charge in [-0.3, -0.25) is 4.79 Å². The van der Waals surface area contributed by atoms with Crippen molar-refractivity contribution in [2.75, 3.05) is 7.11 Å². The molecular formula is C23H17N3O2S2. The van der Waals surface area contributed by atoms with Gasteiger partial charge in [-0.05, 0) is 35.7 Å². The fourth-order valence-corrected chi connectivity index (χ4v) is 5.21. The number of thiophene rings is 1. The highest BCUT2D eigenvalue weighted by Crippen LogP contribution is 2.29. The number of rotatable bonds is 3. The average Bonchev–Trinajstić information content (AvgIpc) is 3.42. The fraction of sp³-hybridized carbons (Fsp3) is 0.0870. The number of thiazole rings is 1. The minimum absolute atomic E-state index is 0.285. The first-order valence-electron chi connectivity index (χ1n) is 9.31. The largest absolute Gasteiger partial charge is 0.495 e. The van der Waals surface area contributed by atoms with Crippen molar-refractivity contribution >= 4 is 49.7 Å². The highest BCUT2D eigenvalue weighted by atomic mass is 32.1. The van der Waals surface area contributed by atoms with E-state index in [0.29, 0.717) is 10.4 Å². The Morgan fingerprint density at radius 3 is 2.77 bits per heavy atom. The summed E-state index contributed by atoms with van der Waals surface area (Å²) < 4.78 is 8.40. The maximum Gasteiger partial charge on any atom is 0.280 e. The molecule has 0 saturated heterocycles. The van der Waals surface area contributed by atoms with Gasteiger partial charge in [-0.25, -0.2) is 4.98 Å². The molecule has 0 aliphatic rings. The zero-order valence-electron chi connectivity index (χ0n) is 16.3. The Bertz CT molecular complexity index is 1460. The molecule has 7 heteroatoms. The van der Waals surface area contributed by atoms with Crippen LogP contribution in [0.25, 0.3) is 31.7 Å². The van der Waals surface area contributed by atoms with Gasteiger partial charge in [0.2, 0.25) is 0 Å². The van der Waals surface area contributed by atoms with Gasteiger partial charge in [-0.1, -0.05) is 41.7 Å². The van der Waals surface area contributed by atoms with Crippen molar-refractivity contribution < 1.29 is 9.53 Å². The Labute approximate surface area is 180 Å². The van der Waals surface area contributed by atoms with Gasteiger partial charge in [-0.15, -0.1) is 11.3 Å². The van der Waals surface area contributed by atoms with Crippen molar-refractivity contribution in [3.8, 4) is 16.3 Å². The number of para-hydroxylation sites is 2. The predicted molar refractivity (Wildman–Crippen MR) is 122 cm³/mol. The highest BCUT2D eigenvalue weighted by molar-refractivity contribution is 7.16. The number of hydrogen-bond donors (Lipinski definition) is 0. The molecule has 0 bridgehead atoms. The van der Waals surface area contributed by atoms with Gasteiger partial charge in [0, 0.05) is 12.4 Å². The maximum absolute atomic E-state index is 13.3. The summed E-state index contributed by atoms with van der Waals surface area (Å²) in [6, 6.07) is 19.4. The van der Waals surface area contributed by atoms with Crippen LogP contribution in [0.3, 0.4) is 0 Å². The minimum Gasteiger partial charge on any atom is -0.495 e. The van der Waals surface area contributed by atoms with Crippen LogP contribution in [0.2, 0.25) is 0 Å². The van der Waals surface area contributed by atoms with Crippen LogP contribution in [-0.4, -0.2) is 22.6 Å². The van der Waals surface area contributed by atoms with E-state index >= 15 is 0 Å². The minimum atomic E-state index is -0.285. The summed E-state index contributed by atoms with van der Waals surface area (Å²) in [6.07, 6.45) is 0. The molecule has 5 aromatic rings. The molecule has 0 N–H and O–H groups in total. The summed E-state index contributed by atoms with van der Waals surface area (Å²) in [5, 5.41) is 2.80. The molecule has 1 amide bonds. The summed E-state index contributed by atoms with van der Waals surface area (Å²) in [6.45, 7) is 0. The van der Waals surface area contributed by atoms with Crippen molar-refractivity contribution in [3.63, 3.8) is 0 Å². The Kier molecular flexibility index (Phi) is 4.69. The molecule has 0 aliphatic heterocycles. The SMILES string of the molecule is COc1cccc2sc(=NC(=O)c3cc(-c4cccs4)nc4ccccc34)n(C)c12. The van der Waals surface area contributed by atoms with Crippen LogP contribution in [0.1, 0.15) is 10.4 Å². The molecule has 2 aromatic carbocycles. The van der Waals surface area contributed by atoms with E-state index in [1.165, 1.54) is 11.3 Å². The number of aryl methyl sites for hydroxylation is 1. The number of aromatic nitrogens is 2. The number of fused-ring (bicyclic) bond motifs is 2. The van der Waals surface area contributed by atoms with E-state index < -0.39 is 0 Å². The lowest BCUT2D eigenvalue weighted by molar-refractivity contribution is 0.0999. The summed E-state index contributed by atoms with van der Waals surface area (Å²) >= 11 is 3.06. The monoisotopic (exact) mass is 431 g/mol. The van der Waals surface area contributed by atoms with Crippen LogP contribution in [0.15, 0.2) is 71.0 Å². The van der Waals surface area contributed by atoms with Gasteiger partial charge in [0.1, 0.15) is 11.3 Å². The van der Waals surface area contributed by atoms with Crippen molar-refractivity contribution in [2.24, 2.45) is 12.0 Å². The van der Waals surface area contributed by atoms with E-state index in [4.69, 9.17) is 9.72 Å². The van der Waals surface area contributed by atoms with Gasteiger partial charge in [0.05, 0.1) is 33.5 Å². The molecular weight excluding hydrogens is 414 g/mol. The number of ether oxygens (including phenoxy) is 1. The summed E-state index contributed by atoms with van der Waals surface area (Å²) in [5.74, 6) is 0.474. The lowest BCUT2D eigenvalue weighted by Gasteiger charge is -2.06. The average molecular weight is 432 g/mol. The quantitative estimate of drug-likeness (QED) is 0.391. The summed E-state index contributed by atoms with van der Waals surface area (Å²) in [7, 11) is 3.54. The number of nitrogens with zero attached hydrogens (tertiary/aromatic N) is 3. The molecule has 0 radical (unpaired) electrons. The Morgan fingerprint density at radius 2 is 1.97 bits per heavy atom. The topological polar surface area (TPSA) is 56.5 Å². The van der Waals surface area contributed by atoms with Crippen molar-refractivity contribution in [2.45, 2.75) is 0 Å². The number of carbonyl (C=O) groups is 1. The molecule has 148 valence electrons. The lowest BCUT2D eigenvalue weighted by Crippen LogP contribution is -2.14. The third-order valence-electron chi connectivity index (χ3n) is 4.92. The van der Waals surface area contributed by atoms with Crippen LogP contribution < -0.4 is 9.54 Å². The molecule has 0 unspecified atom stereocenters. The van der Waals surface area contributed by atoms with E-state index in [1.807, 2.05) is 77.7 Å². The molecule has 3 heterocycles. The van der Waals surface area contributed by atoms with Gasteiger partial charge in [0.25, 0.3) is 5.91 Å². The molecule has 0 atom stereocenters. The Hall–Kier alpha value is -3.29. The molecule has 3 aromatic heterocycles. The van der Waals surface area contributed by atoms with Crippen LogP contribution in [0.4, 0.5) is 0 Å². The number of methoxy groups -OCH3 is 1. The second-order valence-electron chi connectivity index (χ2n) is 6.72. The van der Waals surface area contributed by atoms with E-state index in [-0.39, 0.29) is 5.91 Å². The van der Waals surface area contributed by atoms with E-state index in [1.54, 1.807) is 18.4 Å². The second-order valence-corrected chi connectivity index (χ2v) is 8.67. The molecule has 0 saturated carbocycles. The van der Waals surface area contributed by atoms with Gasteiger partial charge in [0.15, 0.2) is 4.80 Å². The summed E-state index contributed by atoms with van der Waals surface area (Å²) in [4.78, 5) is 24.2. The first kappa shape index (κ1) is 18.7. The predicted octanol–water partition coefficient (Wildman–Crippen LogP) is 5.27. The second kappa shape index (κ2) is 7.51. The first-order chi connectivity index (χ1) is 14.7. The van der Waals surface area contributed by atoms with Gasteiger partial charge < -0.3 is 9.30 Å². The standard InChI is InChI=1S/C23H17N3O2S2/c1-26-21-18(28-2)9-5-10-20(21)30-23(26)25-22(27)15-13-17(19-11-6-12-29-19)24-16-8-4-3-7-14(15)16/h3-13H,1-2H3. The van der Waals surface area contributed by atoms with Crippen molar-refractivity contribution in [1.29, 1.82) is 0 Å². The molecule has 5 rings (SSSR count). The molecule has 0 fully saturated rings. The molecule has 5 nitrogen and oxygen atoms in total. The first-order valence-corrected chi connectivity index (χ1v) is 11.0. The molecule has 30 heavy (non-hydrogen) atoms. The van der Waals surface area contributed by atoms with E-state index in [0.717, 1.165) is 37.4 Å². The number of hydrogen-bond acceptors (Lipinski definition) is 5. The number of benzene rings is 2. The maximum atomic E-state index is 13.3. The lowest BCUT2D eigenvalue weighted by atomic mass is 10.1. The Balaban J connectivity index is 1.71. The van der Waals surface area contributed by atoms with Crippen molar-refractivity contribution in [3.05, 3.63) is 76.4 Å². The van der Waals surface area contributed by atoms with E-state index in [9.17, 15) is 4.79 Å². The zero-order valence-corrected chi connectivity index (χ0v) is 18.0. The Morgan fingerprint density at radius 1 is 1.10 bits per heavy atom. The normalized spacial score (nSPS) is 12.0.